The highest BCUT2D eigenvalue weighted by molar-refractivity contribution is 5.76. The Bertz CT molecular complexity index is 778. The van der Waals surface area contributed by atoms with Gasteiger partial charge in [-0.15, -0.1) is 0 Å². The number of carbonyl (C=O) groups is 1. The molecule has 150 valence electrons. The number of amides is 1. The number of methoxy groups -OCH3 is 2. The summed E-state index contributed by atoms with van der Waals surface area (Å²) in [6.45, 7) is 2.90. The van der Waals surface area contributed by atoms with E-state index in [0.29, 0.717) is 50.9 Å². The fraction of sp³-hybridized carbons (Fsp3) is 0.474. The van der Waals surface area contributed by atoms with Crippen LogP contribution < -0.4 is 19.7 Å². The summed E-state index contributed by atoms with van der Waals surface area (Å²) < 4.78 is 15.7. The number of nitrogens with zero attached hydrogens (tertiary/aromatic N) is 4. The van der Waals surface area contributed by atoms with Gasteiger partial charge in [-0.2, -0.15) is 15.0 Å². The zero-order valence-electron chi connectivity index (χ0n) is 16.2. The fourth-order valence-electron chi connectivity index (χ4n) is 2.78. The van der Waals surface area contributed by atoms with Crippen molar-refractivity contribution >= 4 is 11.9 Å². The van der Waals surface area contributed by atoms with Gasteiger partial charge >= 0.3 is 6.01 Å². The van der Waals surface area contributed by atoms with E-state index in [2.05, 4.69) is 20.3 Å². The summed E-state index contributed by atoms with van der Waals surface area (Å²) in [5.41, 5.74) is 1.08. The molecule has 0 radical (unpaired) electrons. The van der Waals surface area contributed by atoms with Crippen molar-refractivity contribution in [2.24, 2.45) is 0 Å². The third-order valence-corrected chi connectivity index (χ3v) is 4.37. The van der Waals surface area contributed by atoms with E-state index in [1.165, 1.54) is 7.11 Å². The molecule has 1 N–H and O–H groups in total. The highest BCUT2D eigenvalue weighted by Crippen LogP contribution is 2.14. The van der Waals surface area contributed by atoms with Crippen molar-refractivity contribution in [3.63, 3.8) is 0 Å². The van der Waals surface area contributed by atoms with Crippen molar-refractivity contribution in [2.45, 2.75) is 19.4 Å². The first kappa shape index (κ1) is 19.8. The number of hydrogen-bond acceptors (Lipinski definition) is 8. The van der Waals surface area contributed by atoms with E-state index in [0.717, 1.165) is 11.3 Å². The Morgan fingerprint density at radius 2 is 1.86 bits per heavy atom. The Morgan fingerprint density at radius 1 is 1.11 bits per heavy atom. The number of aryl methyl sites for hydroxylation is 1. The highest BCUT2D eigenvalue weighted by atomic mass is 16.5. The van der Waals surface area contributed by atoms with Crippen molar-refractivity contribution in [2.75, 3.05) is 45.4 Å². The van der Waals surface area contributed by atoms with E-state index in [9.17, 15) is 4.79 Å². The van der Waals surface area contributed by atoms with Crippen LogP contribution in [0, 0.1) is 0 Å². The largest absolute Gasteiger partial charge is 0.497 e. The number of carbonyl (C=O) groups excluding carboxylic acids is 1. The first-order valence-corrected chi connectivity index (χ1v) is 9.19. The average Bonchev–Trinajstić information content (AvgIpc) is 2.77. The molecule has 2 aromatic rings. The van der Waals surface area contributed by atoms with E-state index >= 15 is 0 Å². The van der Waals surface area contributed by atoms with Gasteiger partial charge in [-0.1, -0.05) is 12.1 Å². The number of hydrogen-bond donors (Lipinski definition) is 1. The molecule has 1 aliphatic rings. The lowest BCUT2D eigenvalue weighted by atomic mass is 10.1. The summed E-state index contributed by atoms with van der Waals surface area (Å²) in [6, 6.07) is 7.92. The molecular weight excluding hydrogens is 362 g/mol. The summed E-state index contributed by atoms with van der Waals surface area (Å²) in [7, 11) is 3.14. The molecule has 28 heavy (non-hydrogen) atoms. The van der Waals surface area contributed by atoms with Gasteiger partial charge in [0.2, 0.25) is 11.9 Å². The maximum Gasteiger partial charge on any atom is 0.321 e. The zero-order valence-corrected chi connectivity index (χ0v) is 16.2. The van der Waals surface area contributed by atoms with Crippen molar-refractivity contribution in [1.82, 2.24) is 20.3 Å². The third-order valence-electron chi connectivity index (χ3n) is 4.37. The molecule has 1 aliphatic heterocycles. The van der Waals surface area contributed by atoms with Crippen LogP contribution in [0.4, 0.5) is 5.95 Å². The van der Waals surface area contributed by atoms with Crippen molar-refractivity contribution < 1.29 is 19.0 Å². The summed E-state index contributed by atoms with van der Waals surface area (Å²) in [5, 5.41) is 2.86. The molecule has 1 aromatic heterocycles. The summed E-state index contributed by atoms with van der Waals surface area (Å²) >= 11 is 0. The second kappa shape index (κ2) is 9.84. The summed E-state index contributed by atoms with van der Waals surface area (Å²) in [6.07, 6.45) is 1.03. The lowest BCUT2D eigenvalue weighted by Gasteiger charge is -2.26. The number of nitrogens with one attached hydrogen (secondary N) is 1. The number of aromatic nitrogens is 3. The lowest BCUT2D eigenvalue weighted by Crippen LogP contribution is -2.37. The third kappa shape index (κ3) is 5.53. The van der Waals surface area contributed by atoms with E-state index < -0.39 is 0 Å². The Kier molecular flexibility index (Phi) is 6.96. The molecule has 1 saturated heterocycles. The van der Waals surface area contributed by atoms with Gasteiger partial charge in [-0.3, -0.25) is 4.79 Å². The van der Waals surface area contributed by atoms with E-state index in [1.54, 1.807) is 7.11 Å². The zero-order chi connectivity index (χ0) is 19.8. The molecule has 9 nitrogen and oxygen atoms in total. The molecule has 0 aliphatic carbocycles. The second-order valence-corrected chi connectivity index (χ2v) is 6.26. The fourth-order valence-corrected chi connectivity index (χ4v) is 2.78. The van der Waals surface area contributed by atoms with Gasteiger partial charge < -0.3 is 24.4 Å². The van der Waals surface area contributed by atoms with Crippen LogP contribution in [0.1, 0.15) is 17.8 Å². The minimum Gasteiger partial charge on any atom is -0.497 e. The topological polar surface area (TPSA) is 98.7 Å². The standard InChI is InChI=1S/C19H25N5O4/c1-26-15-6-3-14(4-7-15)5-8-17(25)20-13-16-21-18(23-19(22-16)27-2)24-9-11-28-12-10-24/h3-4,6-7H,5,8-13H2,1-2H3,(H,20,25). The summed E-state index contributed by atoms with van der Waals surface area (Å²) in [4.78, 5) is 27.2. The molecule has 0 spiro atoms. The second-order valence-electron chi connectivity index (χ2n) is 6.26. The molecular formula is C19H25N5O4. The van der Waals surface area contributed by atoms with Crippen LogP contribution in [-0.4, -0.2) is 61.4 Å². The predicted octanol–water partition coefficient (Wildman–Crippen LogP) is 0.974. The van der Waals surface area contributed by atoms with Crippen LogP contribution in [0.25, 0.3) is 0 Å². The van der Waals surface area contributed by atoms with Crippen LogP contribution in [-0.2, 0) is 22.5 Å². The van der Waals surface area contributed by atoms with Crippen molar-refractivity contribution in [1.29, 1.82) is 0 Å². The number of morpholine rings is 1. The maximum absolute atomic E-state index is 12.2. The first-order valence-electron chi connectivity index (χ1n) is 9.19. The first-order chi connectivity index (χ1) is 13.7. The maximum atomic E-state index is 12.2. The molecule has 9 heteroatoms. The molecule has 1 aromatic carbocycles. The van der Waals surface area contributed by atoms with Crippen LogP contribution in [0.2, 0.25) is 0 Å². The van der Waals surface area contributed by atoms with Crippen molar-refractivity contribution in [3.05, 3.63) is 35.7 Å². The molecule has 1 amide bonds. The SMILES string of the molecule is COc1ccc(CCC(=O)NCc2nc(OC)nc(N3CCOCC3)n2)cc1. The number of benzene rings is 1. The van der Waals surface area contributed by atoms with Crippen LogP contribution in [0.3, 0.4) is 0 Å². The number of anilines is 1. The molecule has 2 heterocycles. The molecule has 0 bridgehead atoms. The summed E-state index contributed by atoms with van der Waals surface area (Å²) in [5.74, 6) is 1.74. The van der Waals surface area contributed by atoms with Crippen LogP contribution >= 0.6 is 0 Å². The minimum absolute atomic E-state index is 0.0666. The molecule has 0 atom stereocenters. The Morgan fingerprint density at radius 3 is 2.54 bits per heavy atom. The van der Waals surface area contributed by atoms with E-state index in [4.69, 9.17) is 14.2 Å². The number of ether oxygens (including phenoxy) is 3. The van der Waals surface area contributed by atoms with E-state index in [1.807, 2.05) is 29.2 Å². The molecule has 0 saturated carbocycles. The van der Waals surface area contributed by atoms with Gasteiger partial charge in [0.1, 0.15) is 5.75 Å². The van der Waals surface area contributed by atoms with Gasteiger partial charge in [-0.05, 0) is 24.1 Å². The Balaban J connectivity index is 1.54. The Labute approximate surface area is 164 Å². The van der Waals surface area contributed by atoms with Gasteiger partial charge in [0.15, 0.2) is 5.82 Å². The average molecular weight is 387 g/mol. The smallest absolute Gasteiger partial charge is 0.321 e. The van der Waals surface area contributed by atoms with Gasteiger partial charge in [0, 0.05) is 19.5 Å². The van der Waals surface area contributed by atoms with Gasteiger partial charge in [0.25, 0.3) is 0 Å². The molecule has 1 fully saturated rings. The lowest BCUT2D eigenvalue weighted by molar-refractivity contribution is -0.121. The monoisotopic (exact) mass is 387 g/mol. The van der Waals surface area contributed by atoms with Gasteiger partial charge in [0.05, 0.1) is 34.0 Å². The highest BCUT2D eigenvalue weighted by Gasteiger charge is 2.17. The molecule has 3 rings (SSSR count). The minimum atomic E-state index is -0.0666. The van der Waals surface area contributed by atoms with Gasteiger partial charge in [-0.25, -0.2) is 0 Å². The van der Waals surface area contributed by atoms with E-state index in [-0.39, 0.29) is 18.5 Å². The quantitative estimate of drug-likeness (QED) is 0.716. The Hall–Kier alpha value is -2.94. The van der Waals surface area contributed by atoms with Crippen LogP contribution in [0.5, 0.6) is 11.8 Å². The molecule has 0 unspecified atom stereocenters. The van der Waals surface area contributed by atoms with Crippen LogP contribution in [0.15, 0.2) is 24.3 Å². The number of rotatable bonds is 8. The predicted molar refractivity (Wildman–Crippen MR) is 103 cm³/mol. The normalized spacial score (nSPS) is 13.9. The van der Waals surface area contributed by atoms with Crippen molar-refractivity contribution in [3.8, 4) is 11.8 Å².